The molecule has 0 saturated carbocycles. The number of halogens is 1. The highest BCUT2D eigenvalue weighted by Crippen LogP contribution is 2.19. The summed E-state index contributed by atoms with van der Waals surface area (Å²) in [4.78, 5) is 0. The van der Waals surface area contributed by atoms with E-state index < -0.39 is 10.0 Å². The minimum absolute atomic E-state index is 0.0875. The SMILES string of the molecule is COc1ccc(CCl)cc1.COc1ccc(CN(Cc2ccc(OC)cc2)S(=O)(=O)CCCO)cc1. The number of ether oxygens (including phenoxy) is 3. The predicted octanol–water partition coefficient (Wildman–Crippen LogP) is 4.85. The van der Waals surface area contributed by atoms with Crippen molar-refractivity contribution in [3.63, 3.8) is 0 Å². The standard InChI is InChI=1S/C19H25NO5S.C8H9ClO/c1-24-18-8-4-16(5-9-18)14-20(26(22,23)13-3-12-21)15-17-6-10-19(25-2)11-7-17;1-10-8-4-2-7(6-9)3-5-8/h4-11,21H,3,12-15H2,1-2H3;2-5H,6H2,1H3. The normalized spacial score (nSPS) is 10.9. The monoisotopic (exact) mass is 535 g/mol. The number of aliphatic hydroxyl groups is 1. The molecule has 3 aromatic carbocycles. The summed E-state index contributed by atoms with van der Waals surface area (Å²) in [7, 11) is 1.32. The summed E-state index contributed by atoms with van der Waals surface area (Å²) in [5, 5.41) is 9.00. The molecule has 0 aromatic heterocycles. The van der Waals surface area contributed by atoms with Crippen LogP contribution in [0.25, 0.3) is 0 Å². The number of sulfonamides is 1. The number of rotatable bonds is 12. The minimum atomic E-state index is -3.50. The summed E-state index contributed by atoms with van der Waals surface area (Å²) in [6.07, 6.45) is 0.212. The molecule has 0 amide bonds. The molecule has 3 rings (SSSR count). The fraction of sp³-hybridized carbons (Fsp3) is 0.333. The van der Waals surface area contributed by atoms with Gasteiger partial charge in [-0.15, -0.1) is 11.6 Å². The predicted molar refractivity (Wildman–Crippen MR) is 143 cm³/mol. The van der Waals surface area contributed by atoms with Crippen molar-refractivity contribution >= 4 is 21.6 Å². The highest BCUT2D eigenvalue weighted by molar-refractivity contribution is 7.89. The third kappa shape index (κ3) is 9.70. The first-order valence-electron chi connectivity index (χ1n) is 11.4. The van der Waals surface area contributed by atoms with Crippen LogP contribution in [0.3, 0.4) is 0 Å². The Morgan fingerprint density at radius 3 is 1.36 bits per heavy atom. The Bertz CT molecular complexity index is 1050. The van der Waals surface area contributed by atoms with Crippen LogP contribution in [0.1, 0.15) is 23.1 Å². The van der Waals surface area contributed by atoms with Crippen LogP contribution in [0, 0.1) is 0 Å². The highest BCUT2D eigenvalue weighted by Gasteiger charge is 2.22. The summed E-state index contributed by atoms with van der Waals surface area (Å²) < 4.78 is 42.1. The number of nitrogens with zero attached hydrogens (tertiary/aromatic N) is 1. The molecule has 0 spiro atoms. The van der Waals surface area contributed by atoms with E-state index >= 15 is 0 Å². The summed E-state index contributed by atoms with van der Waals surface area (Å²) in [5.74, 6) is 2.78. The van der Waals surface area contributed by atoms with E-state index in [2.05, 4.69) is 0 Å². The lowest BCUT2D eigenvalue weighted by molar-refractivity contribution is 0.293. The van der Waals surface area contributed by atoms with E-state index in [-0.39, 0.29) is 31.9 Å². The van der Waals surface area contributed by atoms with Gasteiger partial charge in [0.1, 0.15) is 17.2 Å². The molecule has 0 heterocycles. The zero-order valence-corrected chi connectivity index (χ0v) is 22.5. The van der Waals surface area contributed by atoms with Crippen LogP contribution >= 0.6 is 11.6 Å². The van der Waals surface area contributed by atoms with Gasteiger partial charge in [-0.25, -0.2) is 8.42 Å². The van der Waals surface area contributed by atoms with E-state index in [1.54, 1.807) is 45.6 Å². The fourth-order valence-electron chi connectivity index (χ4n) is 3.21. The average Bonchev–Trinajstić information content (AvgIpc) is 2.92. The third-order valence-electron chi connectivity index (χ3n) is 5.30. The summed E-state index contributed by atoms with van der Waals surface area (Å²) in [6.45, 7) is 0.353. The zero-order chi connectivity index (χ0) is 26.4. The van der Waals surface area contributed by atoms with Gasteiger partial charge in [-0.05, 0) is 59.5 Å². The molecule has 36 heavy (non-hydrogen) atoms. The molecule has 9 heteroatoms. The van der Waals surface area contributed by atoms with Crippen molar-refractivity contribution in [2.24, 2.45) is 0 Å². The first kappa shape index (κ1) is 29.5. The highest BCUT2D eigenvalue weighted by atomic mass is 35.5. The lowest BCUT2D eigenvalue weighted by Crippen LogP contribution is -2.32. The van der Waals surface area contributed by atoms with E-state index in [1.165, 1.54) is 4.31 Å². The number of hydrogen-bond donors (Lipinski definition) is 1. The molecule has 0 radical (unpaired) electrons. The molecule has 0 saturated heterocycles. The van der Waals surface area contributed by atoms with E-state index in [4.69, 9.17) is 30.9 Å². The molecule has 0 fully saturated rings. The van der Waals surface area contributed by atoms with Crippen LogP contribution in [-0.4, -0.2) is 51.5 Å². The van der Waals surface area contributed by atoms with Gasteiger partial charge in [-0.3, -0.25) is 0 Å². The molecule has 0 bridgehead atoms. The summed E-state index contributed by atoms with van der Waals surface area (Å²) in [5.41, 5.74) is 2.85. The van der Waals surface area contributed by atoms with E-state index in [0.717, 1.165) is 33.9 Å². The molecule has 1 N–H and O–H groups in total. The van der Waals surface area contributed by atoms with Gasteiger partial charge < -0.3 is 19.3 Å². The first-order valence-corrected chi connectivity index (χ1v) is 13.5. The number of alkyl halides is 1. The maximum atomic E-state index is 12.7. The molecule has 0 aliphatic heterocycles. The molecular weight excluding hydrogens is 502 g/mol. The molecule has 0 unspecified atom stereocenters. The van der Waals surface area contributed by atoms with Crippen LogP contribution in [0.4, 0.5) is 0 Å². The first-order chi connectivity index (χ1) is 17.3. The second-order valence-electron chi connectivity index (χ2n) is 7.84. The number of benzene rings is 3. The molecule has 0 aliphatic carbocycles. The van der Waals surface area contributed by atoms with Gasteiger partial charge in [-0.1, -0.05) is 36.4 Å². The van der Waals surface area contributed by atoms with Gasteiger partial charge in [0.05, 0.1) is 27.1 Å². The molecular formula is C27H34ClNO6S. The second-order valence-corrected chi connectivity index (χ2v) is 10.2. The molecule has 7 nitrogen and oxygen atoms in total. The van der Waals surface area contributed by atoms with Crippen LogP contribution in [0.2, 0.25) is 0 Å². The van der Waals surface area contributed by atoms with Crippen molar-refractivity contribution in [3.8, 4) is 17.2 Å². The van der Waals surface area contributed by atoms with Crippen molar-refractivity contribution in [2.45, 2.75) is 25.4 Å². The van der Waals surface area contributed by atoms with Crippen molar-refractivity contribution in [2.75, 3.05) is 33.7 Å². The van der Waals surface area contributed by atoms with Gasteiger partial charge in [0.25, 0.3) is 0 Å². The Balaban J connectivity index is 0.000000380. The number of methoxy groups -OCH3 is 3. The minimum Gasteiger partial charge on any atom is -0.497 e. The maximum Gasteiger partial charge on any atom is 0.214 e. The van der Waals surface area contributed by atoms with Crippen molar-refractivity contribution in [1.82, 2.24) is 4.31 Å². The maximum absolute atomic E-state index is 12.7. The van der Waals surface area contributed by atoms with Gasteiger partial charge in [0.15, 0.2) is 0 Å². The van der Waals surface area contributed by atoms with Crippen LogP contribution in [0.5, 0.6) is 17.2 Å². The van der Waals surface area contributed by atoms with E-state index in [1.807, 2.05) is 48.5 Å². The lowest BCUT2D eigenvalue weighted by atomic mass is 10.2. The number of aliphatic hydroxyl groups excluding tert-OH is 1. The largest absolute Gasteiger partial charge is 0.497 e. The lowest BCUT2D eigenvalue weighted by Gasteiger charge is -2.22. The van der Waals surface area contributed by atoms with Crippen molar-refractivity contribution in [3.05, 3.63) is 89.5 Å². The molecule has 0 aliphatic rings. The quantitative estimate of drug-likeness (QED) is 0.334. The molecule has 3 aromatic rings. The van der Waals surface area contributed by atoms with Crippen molar-refractivity contribution in [1.29, 1.82) is 0 Å². The fourth-order valence-corrected chi connectivity index (χ4v) is 4.83. The number of hydrogen-bond acceptors (Lipinski definition) is 6. The molecule has 0 atom stereocenters. The van der Waals surface area contributed by atoms with Gasteiger partial charge >= 0.3 is 0 Å². The smallest absolute Gasteiger partial charge is 0.214 e. The molecule has 196 valence electrons. The Morgan fingerprint density at radius 2 is 1.06 bits per heavy atom. The van der Waals surface area contributed by atoms with Gasteiger partial charge in [0.2, 0.25) is 10.0 Å². The van der Waals surface area contributed by atoms with E-state index in [9.17, 15) is 8.42 Å². The zero-order valence-electron chi connectivity index (χ0n) is 20.9. The Morgan fingerprint density at radius 1 is 0.694 bits per heavy atom. The topological polar surface area (TPSA) is 85.3 Å². The summed E-state index contributed by atoms with van der Waals surface area (Å²) >= 11 is 5.58. The average molecular weight is 536 g/mol. The summed E-state index contributed by atoms with van der Waals surface area (Å²) in [6, 6.07) is 22.3. The van der Waals surface area contributed by atoms with Crippen LogP contribution in [-0.2, 0) is 29.0 Å². The van der Waals surface area contributed by atoms with Crippen LogP contribution in [0.15, 0.2) is 72.8 Å². The Kier molecular flexibility index (Phi) is 12.6. The van der Waals surface area contributed by atoms with E-state index in [0.29, 0.717) is 5.88 Å². The van der Waals surface area contributed by atoms with Crippen LogP contribution < -0.4 is 14.2 Å². The Labute approximate surface area is 219 Å². The van der Waals surface area contributed by atoms with Crippen molar-refractivity contribution < 1.29 is 27.7 Å². The Hall–Kier alpha value is -2.78. The third-order valence-corrected chi connectivity index (χ3v) is 7.46. The van der Waals surface area contributed by atoms with Gasteiger partial charge in [0, 0.05) is 25.6 Å². The second kappa shape index (κ2) is 15.4. The van der Waals surface area contributed by atoms with Gasteiger partial charge in [-0.2, -0.15) is 4.31 Å².